The van der Waals surface area contributed by atoms with Crippen LogP contribution in [0.1, 0.15) is 63.7 Å². The van der Waals surface area contributed by atoms with Crippen LogP contribution in [0.25, 0.3) is 0 Å². The average molecular weight is 314 g/mol. The summed E-state index contributed by atoms with van der Waals surface area (Å²) < 4.78 is 5.47. The van der Waals surface area contributed by atoms with Crippen LogP contribution < -0.4 is 10.9 Å². The van der Waals surface area contributed by atoms with Gasteiger partial charge in [-0.15, -0.1) is 0 Å². The molecule has 2 N–H and O–H groups in total. The molecule has 0 aromatic carbocycles. The lowest BCUT2D eigenvalue weighted by atomic mass is 9.93. The summed E-state index contributed by atoms with van der Waals surface area (Å²) in [6, 6.07) is 4.62. The summed E-state index contributed by atoms with van der Waals surface area (Å²) in [7, 11) is 0. The maximum Gasteiger partial charge on any atom is 0.261 e. The highest BCUT2D eigenvalue weighted by Crippen LogP contribution is 2.20. The average Bonchev–Trinajstić information content (AvgIpc) is 2.93. The molecule has 1 atom stereocenters. The number of rotatable bonds is 3. The molecule has 23 heavy (non-hydrogen) atoms. The van der Waals surface area contributed by atoms with Crippen molar-refractivity contribution in [2.24, 2.45) is 0 Å². The van der Waals surface area contributed by atoms with Crippen LogP contribution >= 0.6 is 0 Å². The van der Waals surface area contributed by atoms with Crippen LogP contribution in [0.4, 0.5) is 0 Å². The molecular weight excluding hydrogens is 296 g/mol. The standard InChI is InChI=1S/C17H18N2O4/c1-9-6-7-15(23-9)10(2)18-16(21)12-8-11-13(19-17(12)22)4-3-5-14(11)20/h6-8,10H,3-5H2,1-2H3,(H,18,21)(H,19,22). The van der Waals surface area contributed by atoms with Gasteiger partial charge in [0.05, 0.1) is 6.04 Å². The van der Waals surface area contributed by atoms with Gasteiger partial charge >= 0.3 is 0 Å². The highest BCUT2D eigenvalue weighted by atomic mass is 16.3. The fourth-order valence-corrected chi connectivity index (χ4v) is 2.78. The van der Waals surface area contributed by atoms with Crippen LogP contribution in [0.3, 0.4) is 0 Å². The molecule has 120 valence electrons. The van der Waals surface area contributed by atoms with Crippen LogP contribution in [0.15, 0.2) is 27.4 Å². The van der Waals surface area contributed by atoms with Crippen molar-refractivity contribution in [1.29, 1.82) is 0 Å². The van der Waals surface area contributed by atoms with Crippen molar-refractivity contribution >= 4 is 11.7 Å². The molecule has 1 aliphatic carbocycles. The molecule has 0 aliphatic heterocycles. The number of hydrogen-bond donors (Lipinski definition) is 2. The first kappa shape index (κ1) is 15.3. The lowest BCUT2D eigenvalue weighted by Gasteiger charge is -2.16. The Morgan fingerprint density at radius 3 is 2.78 bits per heavy atom. The van der Waals surface area contributed by atoms with Gasteiger partial charge in [-0.05, 0) is 44.9 Å². The number of aryl methyl sites for hydroxylation is 2. The van der Waals surface area contributed by atoms with Crippen molar-refractivity contribution < 1.29 is 14.0 Å². The fourth-order valence-electron chi connectivity index (χ4n) is 2.78. The highest BCUT2D eigenvalue weighted by molar-refractivity contribution is 6.01. The Bertz CT molecular complexity index is 831. The molecule has 0 bridgehead atoms. The zero-order chi connectivity index (χ0) is 16.6. The lowest BCUT2D eigenvalue weighted by Crippen LogP contribution is -2.33. The number of amides is 1. The fraction of sp³-hybridized carbons (Fsp3) is 0.353. The Morgan fingerprint density at radius 1 is 1.30 bits per heavy atom. The van der Waals surface area contributed by atoms with E-state index in [4.69, 9.17) is 4.42 Å². The summed E-state index contributed by atoms with van der Waals surface area (Å²) in [5.41, 5.74) is 0.549. The second-order valence-electron chi connectivity index (χ2n) is 5.82. The zero-order valence-electron chi connectivity index (χ0n) is 13.1. The molecule has 6 heteroatoms. The third kappa shape index (κ3) is 2.97. The van der Waals surface area contributed by atoms with Crippen molar-refractivity contribution in [3.8, 4) is 0 Å². The number of hydrogen-bond acceptors (Lipinski definition) is 4. The molecule has 6 nitrogen and oxygen atoms in total. The van der Waals surface area contributed by atoms with Gasteiger partial charge in [-0.25, -0.2) is 0 Å². The lowest BCUT2D eigenvalue weighted by molar-refractivity contribution is 0.0933. The van der Waals surface area contributed by atoms with Gasteiger partial charge in [0.25, 0.3) is 11.5 Å². The maximum absolute atomic E-state index is 12.4. The van der Waals surface area contributed by atoms with E-state index in [0.717, 1.165) is 12.2 Å². The molecule has 1 aliphatic rings. The highest BCUT2D eigenvalue weighted by Gasteiger charge is 2.23. The molecule has 0 saturated carbocycles. The van der Waals surface area contributed by atoms with Crippen LogP contribution in [0, 0.1) is 6.92 Å². The molecule has 1 amide bonds. The number of fused-ring (bicyclic) bond motifs is 1. The van der Waals surface area contributed by atoms with Crippen LogP contribution in [-0.4, -0.2) is 16.7 Å². The molecule has 0 fully saturated rings. The molecule has 3 rings (SSSR count). The molecular formula is C17H18N2O4. The van der Waals surface area contributed by atoms with Crippen LogP contribution in [-0.2, 0) is 6.42 Å². The molecule has 2 aromatic heterocycles. The third-order valence-corrected chi connectivity index (χ3v) is 4.03. The number of H-pyrrole nitrogens is 1. The van der Waals surface area contributed by atoms with E-state index in [-0.39, 0.29) is 17.4 Å². The molecule has 1 unspecified atom stereocenters. The summed E-state index contributed by atoms with van der Waals surface area (Å²) >= 11 is 0. The molecule has 0 saturated heterocycles. The summed E-state index contributed by atoms with van der Waals surface area (Å²) in [5, 5.41) is 2.72. The van der Waals surface area contributed by atoms with E-state index in [1.807, 2.05) is 13.0 Å². The minimum absolute atomic E-state index is 0.0359. The van der Waals surface area contributed by atoms with E-state index in [1.54, 1.807) is 13.0 Å². The first-order valence-electron chi connectivity index (χ1n) is 7.62. The number of pyridine rings is 1. The largest absolute Gasteiger partial charge is 0.464 e. The van der Waals surface area contributed by atoms with Gasteiger partial charge in [-0.3, -0.25) is 14.4 Å². The molecule has 0 spiro atoms. The Kier molecular flexibility index (Phi) is 3.90. The molecule has 0 radical (unpaired) electrons. The normalized spacial score (nSPS) is 15.1. The van der Waals surface area contributed by atoms with Crippen LogP contribution in [0.5, 0.6) is 0 Å². The number of ketones is 1. The SMILES string of the molecule is Cc1ccc(C(C)NC(=O)c2cc3c([nH]c2=O)CCCC3=O)o1. The molecule has 2 aromatic rings. The van der Waals surface area contributed by atoms with Gasteiger partial charge < -0.3 is 14.7 Å². The van der Waals surface area contributed by atoms with Crippen molar-refractivity contribution in [3.63, 3.8) is 0 Å². The number of carbonyl (C=O) groups is 2. The number of Topliss-reactive ketones (excluding diaryl/α,β-unsaturated/α-hetero) is 1. The van der Waals surface area contributed by atoms with Crippen LogP contribution in [0.2, 0.25) is 0 Å². The number of carbonyl (C=O) groups excluding carboxylic acids is 2. The minimum Gasteiger partial charge on any atom is -0.464 e. The van der Waals surface area contributed by atoms with E-state index in [2.05, 4.69) is 10.3 Å². The summed E-state index contributed by atoms with van der Waals surface area (Å²) in [5.74, 6) is 0.805. The van der Waals surface area contributed by atoms with Crippen molar-refractivity contribution in [2.75, 3.05) is 0 Å². The first-order valence-corrected chi connectivity index (χ1v) is 7.62. The Morgan fingerprint density at radius 2 is 2.09 bits per heavy atom. The summed E-state index contributed by atoms with van der Waals surface area (Å²) in [6.45, 7) is 3.59. The molecule has 2 heterocycles. The van der Waals surface area contributed by atoms with E-state index in [1.165, 1.54) is 6.07 Å². The van der Waals surface area contributed by atoms with Crippen molar-refractivity contribution in [1.82, 2.24) is 10.3 Å². The Balaban J connectivity index is 1.86. The summed E-state index contributed by atoms with van der Waals surface area (Å²) in [4.78, 5) is 39.1. The second kappa shape index (κ2) is 5.87. The van der Waals surface area contributed by atoms with Gasteiger partial charge in [0.15, 0.2) is 5.78 Å². The summed E-state index contributed by atoms with van der Waals surface area (Å²) in [6.07, 6.45) is 1.82. The van der Waals surface area contributed by atoms with Crippen molar-refractivity contribution in [3.05, 3.63) is 56.9 Å². The minimum atomic E-state index is -0.519. The number of aromatic amines is 1. The van der Waals surface area contributed by atoms with Gasteiger partial charge in [-0.1, -0.05) is 0 Å². The predicted molar refractivity (Wildman–Crippen MR) is 83.7 cm³/mol. The predicted octanol–water partition coefficient (Wildman–Crippen LogP) is 2.29. The second-order valence-corrected chi connectivity index (χ2v) is 5.82. The Hall–Kier alpha value is -2.63. The number of nitrogens with one attached hydrogen (secondary N) is 2. The topological polar surface area (TPSA) is 92.2 Å². The first-order chi connectivity index (χ1) is 11.0. The van der Waals surface area contributed by atoms with E-state index < -0.39 is 11.5 Å². The number of aromatic nitrogens is 1. The van der Waals surface area contributed by atoms with Gasteiger partial charge in [0.2, 0.25) is 0 Å². The van der Waals surface area contributed by atoms with Gasteiger partial charge in [0, 0.05) is 17.7 Å². The van der Waals surface area contributed by atoms with E-state index in [9.17, 15) is 14.4 Å². The quantitative estimate of drug-likeness (QED) is 0.909. The monoisotopic (exact) mass is 314 g/mol. The van der Waals surface area contributed by atoms with E-state index >= 15 is 0 Å². The van der Waals surface area contributed by atoms with Crippen molar-refractivity contribution in [2.45, 2.75) is 39.2 Å². The Labute approximate surface area is 132 Å². The maximum atomic E-state index is 12.4. The number of furan rings is 1. The zero-order valence-corrected chi connectivity index (χ0v) is 13.1. The van der Waals surface area contributed by atoms with Gasteiger partial charge in [-0.2, -0.15) is 0 Å². The third-order valence-electron chi connectivity index (χ3n) is 4.03. The smallest absolute Gasteiger partial charge is 0.261 e. The van der Waals surface area contributed by atoms with E-state index in [0.29, 0.717) is 29.9 Å². The van der Waals surface area contributed by atoms with Gasteiger partial charge in [0.1, 0.15) is 17.1 Å².